The lowest BCUT2D eigenvalue weighted by Gasteiger charge is -2.38. The van der Waals surface area contributed by atoms with E-state index in [2.05, 4.69) is 15.0 Å². The zero-order chi connectivity index (χ0) is 23.2. The molecule has 10 heteroatoms. The molecule has 0 amide bonds. The van der Waals surface area contributed by atoms with Crippen LogP contribution in [0.5, 0.6) is 5.88 Å². The first kappa shape index (κ1) is 22.3. The van der Waals surface area contributed by atoms with Gasteiger partial charge in [-0.3, -0.25) is 0 Å². The van der Waals surface area contributed by atoms with Gasteiger partial charge in [-0.1, -0.05) is 11.6 Å². The van der Waals surface area contributed by atoms with Crippen LogP contribution in [0, 0.1) is 5.92 Å². The third-order valence-electron chi connectivity index (χ3n) is 6.47. The fraction of sp³-hybridized carbons (Fsp3) is 0.478. The first-order valence-corrected chi connectivity index (χ1v) is 11.4. The normalized spacial score (nSPS) is 21.3. The number of hydrogen-bond donors (Lipinski definition) is 1. The number of methoxy groups -OCH3 is 1. The Morgan fingerprint density at radius 1 is 1.27 bits per heavy atom. The fourth-order valence-corrected chi connectivity index (χ4v) is 5.10. The van der Waals surface area contributed by atoms with Gasteiger partial charge >= 0.3 is 6.18 Å². The summed E-state index contributed by atoms with van der Waals surface area (Å²) < 4.78 is 51.4. The molecule has 0 spiro atoms. The molecule has 1 saturated heterocycles. The van der Waals surface area contributed by atoms with E-state index in [1.165, 1.54) is 7.11 Å². The Kier molecular flexibility index (Phi) is 5.86. The van der Waals surface area contributed by atoms with Gasteiger partial charge in [0.05, 0.1) is 13.2 Å². The van der Waals surface area contributed by atoms with Crippen molar-refractivity contribution in [2.24, 2.45) is 5.92 Å². The number of nitrogens with zero attached hydrogens (tertiary/aromatic N) is 3. The molecule has 0 unspecified atom stereocenters. The molecular formula is C23H24ClF3N4O2. The first-order chi connectivity index (χ1) is 15.8. The monoisotopic (exact) mass is 480 g/mol. The molecule has 0 radical (unpaired) electrons. The number of H-pyrrole nitrogens is 1. The maximum Gasteiger partial charge on any atom is 0.433 e. The third-order valence-corrected chi connectivity index (χ3v) is 6.71. The van der Waals surface area contributed by atoms with Crippen LogP contribution >= 0.6 is 11.6 Å². The van der Waals surface area contributed by atoms with Crippen LogP contribution in [0.1, 0.15) is 42.3 Å². The van der Waals surface area contributed by atoms with Gasteiger partial charge in [0.1, 0.15) is 0 Å². The summed E-state index contributed by atoms with van der Waals surface area (Å²) in [6.07, 6.45) is -1.26. The molecule has 3 aromatic rings. The van der Waals surface area contributed by atoms with E-state index in [9.17, 15) is 13.2 Å². The van der Waals surface area contributed by atoms with Crippen molar-refractivity contribution in [3.05, 3.63) is 46.2 Å². The van der Waals surface area contributed by atoms with Crippen LogP contribution in [0.2, 0.25) is 5.02 Å². The molecule has 4 heterocycles. The van der Waals surface area contributed by atoms with Crippen molar-refractivity contribution in [2.45, 2.75) is 37.9 Å². The highest BCUT2D eigenvalue weighted by Gasteiger charge is 2.38. The number of hydrogen-bond acceptors (Lipinski definition) is 5. The van der Waals surface area contributed by atoms with E-state index >= 15 is 0 Å². The van der Waals surface area contributed by atoms with Crippen LogP contribution in [0.25, 0.3) is 10.9 Å². The number of rotatable bonds is 4. The molecule has 6 nitrogen and oxygen atoms in total. The molecule has 2 aromatic heterocycles. The van der Waals surface area contributed by atoms with Crippen molar-refractivity contribution in [3.8, 4) is 5.88 Å². The fourth-order valence-electron chi connectivity index (χ4n) is 4.92. The van der Waals surface area contributed by atoms with E-state index in [0.29, 0.717) is 30.5 Å². The van der Waals surface area contributed by atoms with Crippen LogP contribution in [0.15, 0.2) is 24.3 Å². The number of alkyl halides is 3. The Bertz CT molecular complexity index is 1160. The summed E-state index contributed by atoms with van der Waals surface area (Å²) in [5.41, 5.74) is 2.06. The highest BCUT2D eigenvalue weighted by Crippen LogP contribution is 2.42. The molecule has 2 aliphatic heterocycles. The average Bonchev–Trinajstić information content (AvgIpc) is 3.17. The van der Waals surface area contributed by atoms with E-state index < -0.39 is 11.9 Å². The molecule has 0 saturated carbocycles. The molecule has 1 fully saturated rings. The van der Waals surface area contributed by atoms with Gasteiger partial charge < -0.3 is 19.4 Å². The summed E-state index contributed by atoms with van der Waals surface area (Å²) in [7, 11) is 1.30. The van der Waals surface area contributed by atoms with Gasteiger partial charge in [0.15, 0.2) is 5.69 Å². The van der Waals surface area contributed by atoms with E-state index in [1.54, 1.807) is 0 Å². The number of anilines is 1. The van der Waals surface area contributed by atoms with Crippen molar-refractivity contribution in [3.63, 3.8) is 0 Å². The molecule has 33 heavy (non-hydrogen) atoms. The Labute approximate surface area is 194 Å². The van der Waals surface area contributed by atoms with Gasteiger partial charge in [0.2, 0.25) is 11.8 Å². The summed E-state index contributed by atoms with van der Waals surface area (Å²) in [6.45, 7) is 1.86. The molecule has 5 rings (SSSR count). The number of halogens is 4. The standard InChI is InChI=1S/C23H24ClF3N4O2/c1-32-20-11-19(23(25,26)27)29-22(30-20)31-7-6-15-16-10-14(24)4-5-17(16)28-21(15)18(31)9-13-3-2-8-33-12-13/h4-5,10-11,13,18,28H,2-3,6-9,12H2,1H3/t13-,18-/m0/s1. The lowest BCUT2D eigenvalue weighted by Crippen LogP contribution is -2.39. The second kappa shape index (κ2) is 8.68. The summed E-state index contributed by atoms with van der Waals surface area (Å²) in [5, 5.41) is 1.69. The Hall–Kier alpha value is -2.52. The second-order valence-corrected chi connectivity index (χ2v) is 9.01. The summed E-state index contributed by atoms with van der Waals surface area (Å²) >= 11 is 6.25. The summed E-state index contributed by atoms with van der Waals surface area (Å²) in [5.74, 6) is 0.201. The molecule has 1 aromatic carbocycles. The van der Waals surface area contributed by atoms with Crippen molar-refractivity contribution in [1.29, 1.82) is 0 Å². The SMILES string of the molecule is COc1cc(C(F)(F)F)nc(N2CCc3c([nH]c4ccc(Cl)cc34)[C@@H]2C[C@@H]2CCCOC2)n1. The Morgan fingerprint density at radius 2 is 2.12 bits per heavy atom. The van der Waals surface area contributed by atoms with E-state index in [4.69, 9.17) is 21.1 Å². The zero-order valence-corrected chi connectivity index (χ0v) is 18.8. The van der Waals surface area contributed by atoms with Crippen LogP contribution in [0.4, 0.5) is 19.1 Å². The number of benzene rings is 1. The van der Waals surface area contributed by atoms with Crippen LogP contribution in [0.3, 0.4) is 0 Å². The van der Waals surface area contributed by atoms with Crippen molar-refractivity contribution in [1.82, 2.24) is 15.0 Å². The molecule has 2 aliphatic rings. The minimum Gasteiger partial charge on any atom is -0.481 e. The van der Waals surface area contributed by atoms with E-state index in [-0.39, 0.29) is 17.9 Å². The van der Waals surface area contributed by atoms with Crippen LogP contribution < -0.4 is 9.64 Å². The number of nitrogens with one attached hydrogen (secondary N) is 1. The quantitative estimate of drug-likeness (QED) is 0.529. The maximum atomic E-state index is 13.5. The number of aromatic nitrogens is 3. The first-order valence-electron chi connectivity index (χ1n) is 11.0. The highest BCUT2D eigenvalue weighted by atomic mass is 35.5. The Morgan fingerprint density at radius 3 is 2.85 bits per heavy atom. The van der Waals surface area contributed by atoms with Crippen molar-refractivity contribution >= 4 is 28.5 Å². The van der Waals surface area contributed by atoms with Crippen molar-refractivity contribution < 1.29 is 22.6 Å². The minimum atomic E-state index is -4.60. The Balaban J connectivity index is 1.60. The van der Waals surface area contributed by atoms with Gasteiger partial charge in [-0.15, -0.1) is 0 Å². The van der Waals surface area contributed by atoms with Gasteiger partial charge in [0.25, 0.3) is 0 Å². The molecule has 2 atom stereocenters. The van der Waals surface area contributed by atoms with Crippen molar-refractivity contribution in [2.75, 3.05) is 31.8 Å². The minimum absolute atomic E-state index is 0.0192. The van der Waals surface area contributed by atoms with Gasteiger partial charge in [-0.05, 0) is 55.4 Å². The molecule has 0 bridgehead atoms. The predicted octanol–water partition coefficient (Wildman–Crippen LogP) is 5.56. The van der Waals surface area contributed by atoms with Gasteiger partial charge in [-0.2, -0.15) is 18.2 Å². The summed E-state index contributed by atoms with van der Waals surface area (Å²) in [4.78, 5) is 13.6. The number of fused-ring (bicyclic) bond motifs is 3. The van der Waals surface area contributed by atoms with Gasteiger partial charge in [-0.25, -0.2) is 4.98 Å². The third kappa shape index (κ3) is 4.36. The van der Waals surface area contributed by atoms with E-state index in [1.807, 2.05) is 23.1 Å². The van der Waals surface area contributed by atoms with E-state index in [0.717, 1.165) is 54.1 Å². The lowest BCUT2D eigenvalue weighted by molar-refractivity contribution is -0.141. The smallest absolute Gasteiger partial charge is 0.433 e. The molecule has 0 aliphatic carbocycles. The van der Waals surface area contributed by atoms with Crippen LogP contribution in [-0.2, 0) is 17.3 Å². The molecular weight excluding hydrogens is 457 g/mol. The lowest BCUT2D eigenvalue weighted by atomic mass is 9.88. The topological polar surface area (TPSA) is 63.3 Å². The average molecular weight is 481 g/mol. The molecule has 1 N–H and O–H groups in total. The second-order valence-electron chi connectivity index (χ2n) is 8.58. The van der Waals surface area contributed by atoms with Crippen LogP contribution in [-0.4, -0.2) is 41.8 Å². The predicted molar refractivity (Wildman–Crippen MR) is 119 cm³/mol. The van der Waals surface area contributed by atoms with Gasteiger partial charge in [0, 0.05) is 47.4 Å². The number of ether oxygens (including phenoxy) is 2. The number of aromatic amines is 1. The highest BCUT2D eigenvalue weighted by molar-refractivity contribution is 6.31. The maximum absolute atomic E-state index is 13.5. The summed E-state index contributed by atoms with van der Waals surface area (Å²) in [6, 6.07) is 6.30. The zero-order valence-electron chi connectivity index (χ0n) is 18.1. The molecule has 176 valence electrons. The largest absolute Gasteiger partial charge is 0.481 e.